The SMILES string of the molecule is C[B]C(CSC)C1=CC(C)(C)C=CC=C1. The van der Waals surface area contributed by atoms with Crippen LogP contribution in [0.1, 0.15) is 13.8 Å². The van der Waals surface area contributed by atoms with Crippen LogP contribution in [-0.4, -0.2) is 19.3 Å². The largest absolute Gasteiger partial charge is 0.166 e. The van der Waals surface area contributed by atoms with Crippen LogP contribution in [0.3, 0.4) is 0 Å². The Hall–Kier alpha value is -0.365. The van der Waals surface area contributed by atoms with Gasteiger partial charge in [-0.25, -0.2) is 0 Å². The molecule has 15 heavy (non-hydrogen) atoms. The number of hydrogen-bond acceptors (Lipinski definition) is 1. The van der Waals surface area contributed by atoms with Crippen molar-refractivity contribution in [2.24, 2.45) is 5.41 Å². The smallest absolute Gasteiger partial charge is 0.117 e. The predicted molar refractivity (Wildman–Crippen MR) is 73.9 cm³/mol. The fourth-order valence-corrected chi connectivity index (χ4v) is 2.54. The summed E-state index contributed by atoms with van der Waals surface area (Å²) in [7, 11) is 2.30. The van der Waals surface area contributed by atoms with Crippen LogP contribution in [0.15, 0.2) is 36.0 Å². The molecule has 0 aromatic rings. The van der Waals surface area contributed by atoms with Gasteiger partial charge in [0.05, 0.1) is 0 Å². The molecule has 2 heteroatoms. The van der Waals surface area contributed by atoms with Crippen molar-refractivity contribution in [1.29, 1.82) is 0 Å². The predicted octanol–water partition coefficient (Wildman–Crippen LogP) is 3.97. The fraction of sp³-hybridized carbons (Fsp3) is 0.538. The third-order valence-electron chi connectivity index (χ3n) is 2.64. The van der Waals surface area contributed by atoms with Crippen molar-refractivity contribution in [2.75, 3.05) is 12.0 Å². The van der Waals surface area contributed by atoms with Gasteiger partial charge in [-0.1, -0.05) is 56.6 Å². The summed E-state index contributed by atoms with van der Waals surface area (Å²) in [5, 5.41) is 0. The van der Waals surface area contributed by atoms with Crippen molar-refractivity contribution in [3.05, 3.63) is 36.0 Å². The zero-order valence-corrected chi connectivity index (χ0v) is 11.0. The van der Waals surface area contributed by atoms with E-state index in [9.17, 15) is 0 Å². The molecule has 0 aliphatic heterocycles. The normalized spacial score (nSPS) is 20.7. The molecule has 1 rings (SSSR count). The van der Waals surface area contributed by atoms with Crippen molar-refractivity contribution in [2.45, 2.75) is 26.5 Å². The Morgan fingerprint density at radius 3 is 2.73 bits per heavy atom. The average Bonchev–Trinajstić information content (AvgIpc) is 2.35. The molecule has 1 unspecified atom stereocenters. The van der Waals surface area contributed by atoms with E-state index >= 15 is 0 Å². The Labute approximate surface area is 99.2 Å². The Morgan fingerprint density at radius 2 is 2.13 bits per heavy atom. The second kappa shape index (κ2) is 5.65. The number of thioether (sulfide) groups is 1. The first kappa shape index (κ1) is 12.7. The molecule has 81 valence electrons. The average molecular weight is 219 g/mol. The molecule has 0 saturated carbocycles. The van der Waals surface area contributed by atoms with Crippen LogP contribution >= 0.6 is 11.8 Å². The molecule has 1 atom stereocenters. The minimum absolute atomic E-state index is 0.179. The second-order valence-corrected chi connectivity index (χ2v) is 5.49. The second-order valence-electron chi connectivity index (χ2n) is 4.58. The van der Waals surface area contributed by atoms with E-state index in [0.717, 1.165) is 0 Å². The first-order valence-corrected chi connectivity index (χ1v) is 6.85. The summed E-state index contributed by atoms with van der Waals surface area (Å²) >= 11 is 1.91. The minimum Gasteiger partial charge on any atom is -0.166 e. The molecule has 0 N–H and O–H groups in total. The summed E-state index contributed by atoms with van der Waals surface area (Å²) in [5.74, 6) is 1.75. The van der Waals surface area contributed by atoms with Gasteiger partial charge in [-0.3, -0.25) is 0 Å². The van der Waals surface area contributed by atoms with Crippen molar-refractivity contribution in [3.63, 3.8) is 0 Å². The quantitative estimate of drug-likeness (QED) is 0.644. The zero-order chi connectivity index (χ0) is 11.3. The minimum atomic E-state index is 0.179. The van der Waals surface area contributed by atoms with Crippen LogP contribution in [0.4, 0.5) is 0 Å². The third kappa shape index (κ3) is 3.94. The summed E-state index contributed by atoms with van der Waals surface area (Å²) in [6, 6.07) is 0. The number of rotatable bonds is 4. The maximum atomic E-state index is 2.38. The monoisotopic (exact) mass is 219 g/mol. The topological polar surface area (TPSA) is 0 Å². The number of hydrogen-bond donors (Lipinski definition) is 0. The van der Waals surface area contributed by atoms with E-state index in [1.54, 1.807) is 0 Å². The Kier molecular flexibility index (Phi) is 4.78. The molecule has 0 fully saturated rings. The molecule has 1 aliphatic rings. The first-order chi connectivity index (χ1) is 7.09. The highest BCUT2D eigenvalue weighted by molar-refractivity contribution is 7.98. The molecule has 0 amide bonds. The van der Waals surface area contributed by atoms with Crippen LogP contribution in [-0.2, 0) is 0 Å². The lowest BCUT2D eigenvalue weighted by molar-refractivity contribution is 0.621. The van der Waals surface area contributed by atoms with Crippen molar-refractivity contribution in [3.8, 4) is 0 Å². The summed E-state index contributed by atoms with van der Waals surface area (Å²) < 4.78 is 0. The van der Waals surface area contributed by atoms with Crippen molar-refractivity contribution in [1.82, 2.24) is 0 Å². The van der Waals surface area contributed by atoms with E-state index in [4.69, 9.17) is 0 Å². The fourth-order valence-electron chi connectivity index (χ4n) is 1.79. The maximum absolute atomic E-state index is 2.38. The van der Waals surface area contributed by atoms with E-state index in [1.807, 2.05) is 11.8 Å². The Morgan fingerprint density at radius 1 is 1.40 bits per heavy atom. The van der Waals surface area contributed by atoms with Gasteiger partial charge >= 0.3 is 0 Å². The number of allylic oxidation sites excluding steroid dienone is 6. The Balaban J connectivity index is 2.87. The highest BCUT2D eigenvalue weighted by atomic mass is 32.2. The standard InChI is InChI=1S/C13H20BS/c1-13(2)8-6-5-7-11(9-13)12(14-3)10-15-4/h5-9,12H,10H2,1-4H3. The summed E-state index contributed by atoms with van der Waals surface area (Å²) in [4.78, 5) is 0. The molecular weight excluding hydrogens is 199 g/mol. The lowest BCUT2D eigenvalue weighted by Gasteiger charge is -2.20. The van der Waals surface area contributed by atoms with Crippen LogP contribution in [0.2, 0.25) is 12.6 Å². The van der Waals surface area contributed by atoms with Crippen LogP contribution in [0, 0.1) is 5.41 Å². The molecule has 0 bridgehead atoms. The summed E-state index contributed by atoms with van der Waals surface area (Å²) in [6.45, 7) is 6.66. The van der Waals surface area contributed by atoms with Crippen LogP contribution in [0.5, 0.6) is 0 Å². The molecule has 1 radical (unpaired) electrons. The Bertz CT molecular complexity index is 287. The van der Waals surface area contributed by atoms with Gasteiger partial charge in [-0.15, -0.1) is 0 Å². The van der Waals surface area contributed by atoms with Gasteiger partial charge in [0.2, 0.25) is 0 Å². The molecule has 0 aromatic heterocycles. The van der Waals surface area contributed by atoms with E-state index in [-0.39, 0.29) is 5.41 Å². The van der Waals surface area contributed by atoms with E-state index in [2.05, 4.69) is 64.6 Å². The van der Waals surface area contributed by atoms with E-state index < -0.39 is 0 Å². The molecule has 0 heterocycles. The molecular formula is C13H20BS. The molecule has 0 spiro atoms. The third-order valence-corrected chi connectivity index (χ3v) is 3.33. The van der Waals surface area contributed by atoms with Gasteiger partial charge in [0, 0.05) is 5.41 Å². The van der Waals surface area contributed by atoms with Gasteiger partial charge in [-0.2, -0.15) is 11.8 Å². The lowest BCUT2D eigenvalue weighted by atomic mass is 9.63. The molecule has 0 nitrogen and oxygen atoms in total. The molecule has 0 aromatic carbocycles. The van der Waals surface area contributed by atoms with Gasteiger partial charge in [0.15, 0.2) is 0 Å². The van der Waals surface area contributed by atoms with E-state index in [1.165, 1.54) is 11.3 Å². The summed E-state index contributed by atoms with van der Waals surface area (Å²) in [6.07, 6.45) is 13.3. The highest BCUT2D eigenvalue weighted by Gasteiger charge is 2.17. The van der Waals surface area contributed by atoms with Gasteiger partial charge in [0.25, 0.3) is 0 Å². The highest BCUT2D eigenvalue weighted by Crippen LogP contribution is 2.30. The molecule has 1 aliphatic carbocycles. The van der Waals surface area contributed by atoms with Crippen molar-refractivity contribution < 1.29 is 0 Å². The maximum Gasteiger partial charge on any atom is 0.117 e. The molecule has 0 saturated heterocycles. The lowest BCUT2D eigenvalue weighted by Crippen LogP contribution is -2.09. The van der Waals surface area contributed by atoms with Crippen LogP contribution < -0.4 is 0 Å². The van der Waals surface area contributed by atoms with Crippen LogP contribution in [0.25, 0.3) is 0 Å². The van der Waals surface area contributed by atoms with E-state index in [0.29, 0.717) is 5.82 Å². The zero-order valence-electron chi connectivity index (χ0n) is 10.2. The van der Waals surface area contributed by atoms with Gasteiger partial charge in [0.1, 0.15) is 7.28 Å². The van der Waals surface area contributed by atoms with Gasteiger partial charge in [-0.05, 0) is 17.8 Å². The first-order valence-electron chi connectivity index (χ1n) is 5.46. The van der Waals surface area contributed by atoms with Gasteiger partial charge < -0.3 is 0 Å². The van der Waals surface area contributed by atoms with Crippen molar-refractivity contribution >= 4 is 19.0 Å². The summed E-state index contributed by atoms with van der Waals surface area (Å²) in [5.41, 5.74) is 1.63.